The Kier molecular flexibility index (Phi) is 6.60. The van der Waals surface area contributed by atoms with Crippen molar-refractivity contribution in [2.24, 2.45) is 11.8 Å². The van der Waals surface area contributed by atoms with Crippen molar-refractivity contribution in [1.82, 2.24) is 9.80 Å². The van der Waals surface area contributed by atoms with Crippen LogP contribution in [-0.4, -0.2) is 66.8 Å². The number of anilines is 2. The average Bonchev–Trinajstić information content (AvgIpc) is 3.04. The number of benzene rings is 1. The molecule has 0 spiro atoms. The van der Waals surface area contributed by atoms with E-state index in [4.69, 9.17) is 0 Å². The van der Waals surface area contributed by atoms with Crippen LogP contribution in [0.4, 0.5) is 11.4 Å². The molecule has 3 fully saturated rings. The third-order valence-corrected chi connectivity index (χ3v) is 7.16. The number of piperazine rings is 1. The third kappa shape index (κ3) is 4.61. The molecule has 7 heteroatoms. The van der Waals surface area contributed by atoms with Crippen LogP contribution in [0.25, 0.3) is 0 Å². The maximum atomic E-state index is 12.6. The van der Waals surface area contributed by atoms with Crippen LogP contribution >= 0.6 is 0 Å². The van der Waals surface area contributed by atoms with Gasteiger partial charge in [0.05, 0.1) is 11.8 Å². The van der Waals surface area contributed by atoms with Gasteiger partial charge >= 0.3 is 0 Å². The van der Waals surface area contributed by atoms with Crippen molar-refractivity contribution in [1.29, 1.82) is 0 Å². The summed E-state index contributed by atoms with van der Waals surface area (Å²) in [5, 5.41) is 2.96. The molecule has 1 aromatic rings. The average molecular weight is 427 g/mol. The number of aryl methyl sites for hydroxylation is 1. The minimum atomic E-state index is -0.164. The van der Waals surface area contributed by atoms with Crippen LogP contribution in [0.5, 0.6) is 0 Å². The van der Waals surface area contributed by atoms with E-state index in [9.17, 15) is 14.4 Å². The Labute approximate surface area is 184 Å². The van der Waals surface area contributed by atoms with Gasteiger partial charge in [-0.3, -0.25) is 19.3 Å². The lowest BCUT2D eigenvalue weighted by molar-refractivity contribution is -0.140. The smallest absolute Gasteiger partial charge is 0.233 e. The van der Waals surface area contributed by atoms with E-state index >= 15 is 0 Å². The lowest BCUT2D eigenvalue weighted by Crippen LogP contribution is -2.46. The van der Waals surface area contributed by atoms with Crippen LogP contribution in [-0.2, 0) is 14.4 Å². The molecule has 0 bridgehead atoms. The number of imide groups is 1. The van der Waals surface area contributed by atoms with Gasteiger partial charge in [0, 0.05) is 50.5 Å². The van der Waals surface area contributed by atoms with Gasteiger partial charge in [0.15, 0.2) is 0 Å². The Bertz CT molecular complexity index is 823. The number of nitrogens with one attached hydrogen (secondary N) is 1. The molecule has 7 nitrogen and oxygen atoms in total. The second-order valence-corrected chi connectivity index (χ2v) is 9.04. The fraction of sp³-hybridized carbons (Fsp3) is 0.625. The van der Waals surface area contributed by atoms with Crippen LogP contribution in [0.2, 0.25) is 0 Å². The lowest BCUT2D eigenvalue weighted by Gasteiger charge is -2.35. The van der Waals surface area contributed by atoms with Crippen molar-refractivity contribution in [3.05, 3.63) is 23.8 Å². The quantitative estimate of drug-likeness (QED) is 0.708. The summed E-state index contributed by atoms with van der Waals surface area (Å²) in [6.45, 7) is 9.63. The minimum Gasteiger partial charge on any atom is -0.369 e. The van der Waals surface area contributed by atoms with E-state index in [2.05, 4.69) is 34.2 Å². The molecule has 3 aliphatic rings. The summed E-state index contributed by atoms with van der Waals surface area (Å²) in [7, 11) is 0. The number of fused-ring (bicyclic) bond motifs is 1. The molecular formula is C24H34N4O3. The number of hydrogen-bond donors (Lipinski definition) is 1. The fourth-order valence-corrected chi connectivity index (χ4v) is 5.18. The van der Waals surface area contributed by atoms with Crippen LogP contribution < -0.4 is 10.2 Å². The highest BCUT2D eigenvalue weighted by molar-refractivity contribution is 6.05. The number of carbonyl (C=O) groups is 3. The number of rotatable bonds is 6. The van der Waals surface area contributed by atoms with E-state index in [1.54, 1.807) is 0 Å². The molecule has 1 aliphatic carbocycles. The first-order chi connectivity index (χ1) is 15.0. The Morgan fingerprint density at radius 1 is 1.03 bits per heavy atom. The number of nitrogens with zero attached hydrogens (tertiary/aromatic N) is 3. The molecule has 4 rings (SSSR count). The highest BCUT2D eigenvalue weighted by Gasteiger charge is 2.47. The van der Waals surface area contributed by atoms with Gasteiger partial charge in [-0.15, -0.1) is 0 Å². The summed E-state index contributed by atoms with van der Waals surface area (Å²) in [6.07, 6.45) is 3.77. The molecular weight excluding hydrogens is 392 g/mol. The predicted octanol–water partition coefficient (Wildman–Crippen LogP) is 2.64. The first-order valence-corrected chi connectivity index (χ1v) is 11.7. The van der Waals surface area contributed by atoms with E-state index in [1.807, 2.05) is 13.0 Å². The fourth-order valence-electron chi connectivity index (χ4n) is 5.18. The van der Waals surface area contributed by atoms with Gasteiger partial charge in [-0.2, -0.15) is 0 Å². The summed E-state index contributed by atoms with van der Waals surface area (Å²) in [6, 6.07) is 6.13. The molecule has 2 unspecified atom stereocenters. The number of amides is 3. The van der Waals surface area contributed by atoms with Gasteiger partial charge in [-0.1, -0.05) is 19.8 Å². The molecule has 3 amide bonds. The highest BCUT2D eigenvalue weighted by atomic mass is 16.2. The zero-order chi connectivity index (χ0) is 22.0. The van der Waals surface area contributed by atoms with E-state index in [0.29, 0.717) is 0 Å². The van der Waals surface area contributed by atoms with Crippen molar-refractivity contribution in [3.8, 4) is 0 Å². The van der Waals surface area contributed by atoms with Crippen molar-refractivity contribution < 1.29 is 14.4 Å². The largest absolute Gasteiger partial charge is 0.369 e. The molecule has 168 valence electrons. The summed E-state index contributed by atoms with van der Waals surface area (Å²) >= 11 is 0. The normalized spacial score (nSPS) is 24.5. The molecule has 2 atom stereocenters. The number of hydrogen-bond acceptors (Lipinski definition) is 5. The third-order valence-electron chi connectivity index (χ3n) is 7.16. The summed E-state index contributed by atoms with van der Waals surface area (Å²) in [4.78, 5) is 43.8. The highest BCUT2D eigenvalue weighted by Crippen LogP contribution is 2.38. The molecule has 1 aromatic carbocycles. The van der Waals surface area contributed by atoms with Gasteiger partial charge in [0.25, 0.3) is 0 Å². The molecule has 1 N–H and O–H groups in total. The van der Waals surface area contributed by atoms with Crippen LogP contribution in [0.3, 0.4) is 0 Å². The first kappa shape index (κ1) is 21.8. The summed E-state index contributed by atoms with van der Waals surface area (Å²) in [5.41, 5.74) is 2.99. The van der Waals surface area contributed by atoms with Crippen molar-refractivity contribution in [2.75, 3.05) is 49.5 Å². The number of likely N-dealkylation sites (tertiary alicyclic amines) is 1. The maximum absolute atomic E-state index is 12.6. The van der Waals surface area contributed by atoms with Gasteiger partial charge in [0.2, 0.25) is 17.7 Å². The van der Waals surface area contributed by atoms with Crippen molar-refractivity contribution in [2.45, 2.75) is 46.0 Å². The second-order valence-electron chi connectivity index (χ2n) is 9.04. The molecule has 2 saturated heterocycles. The molecule has 0 aromatic heterocycles. The molecule has 2 heterocycles. The standard InChI is InChI=1S/C24H34N4O3/c1-3-26-12-14-27(15-13-26)18-8-9-21(17(2)16-18)25-22(29)10-11-28-23(30)19-6-4-5-7-20(19)24(28)31/h8-9,16,19-20H,3-7,10-15H2,1-2H3,(H,25,29). The van der Waals surface area contributed by atoms with Crippen LogP contribution in [0, 0.1) is 18.8 Å². The van der Waals surface area contributed by atoms with E-state index in [-0.39, 0.29) is 42.5 Å². The molecule has 1 saturated carbocycles. The number of carbonyl (C=O) groups excluding carboxylic acids is 3. The minimum absolute atomic E-state index is 0.0776. The first-order valence-electron chi connectivity index (χ1n) is 11.7. The van der Waals surface area contributed by atoms with E-state index < -0.39 is 0 Å². The van der Waals surface area contributed by atoms with Crippen LogP contribution in [0.15, 0.2) is 18.2 Å². The van der Waals surface area contributed by atoms with E-state index in [0.717, 1.165) is 69.7 Å². The number of likely N-dealkylation sites (N-methyl/N-ethyl adjacent to an activating group) is 1. The summed E-state index contributed by atoms with van der Waals surface area (Å²) in [5.74, 6) is -0.628. The maximum Gasteiger partial charge on any atom is 0.233 e. The molecule has 2 aliphatic heterocycles. The second kappa shape index (κ2) is 9.39. The zero-order valence-electron chi connectivity index (χ0n) is 18.7. The lowest BCUT2D eigenvalue weighted by atomic mass is 9.81. The van der Waals surface area contributed by atoms with Crippen molar-refractivity contribution in [3.63, 3.8) is 0 Å². The topological polar surface area (TPSA) is 73.0 Å². The Hall–Kier alpha value is -2.41. The SMILES string of the molecule is CCN1CCN(c2ccc(NC(=O)CCN3C(=O)C4CCCCC4C3=O)c(C)c2)CC1. The molecule has 0 radical (unpaired) electrons. The Morgan fingerprint density at radius 2 is 1.68 bits per heavy atom. The zero-order valence-corrected chi connectivity index (χ0v) is 18.7. The monoisotopic (exact) mass is 426 g/mol. The van der Waals surface area contributed by atoms with Crippen LogP contribution in [0.1, 0.15) is 44.6 Å². The summed E-state index contributed by atoms with van der Waals surface area (Å²) < 4.78 is 0. The predicted molar refractivity (Wildman–Crippen MR) is 121 cm³/mol. The van der Waals surface area contributed by atoms with Gasteiger partial charge in [0.1, 0.15) is 0 Å². The van der Waals surface area contributed by atoms with Gasteiger partial charge < -0.3 is 15.1 Å². The van der Waals surface area contributed by atoms with Gasteiger partial charge in [-0.05, 0) is 50.1 Å². The van der Waals surface area contributed by atoms with Crippen molar-refractivity contribution >= 4 is 29.1 Å². The Morgan fingerprint density at radius 3 is 2.26 bits per heavy atom. The van der Waals surface area contributed by atoms with Gasteiger partial charge in [-0.25, -0.2) is 0 Å². The van der Waals surface area contributed by atoms with E-state index in [1.165, 1.54) is 10.6 Å². The Balaban J connectivity index is 1.31. The molecule has 31 heavy (non-hydrogen) atoms.